The first-order chi connectivity index (χ1) is 14.3. The largest absolute Gasteiger partial charge is 0.496 e. The molecule has 1 heterocycles. The predicted octanol–water partition coefficient (Wildman–Crippen LogP) is 5.34. The Balaban J connectivity index is 1.83. The third-order valence-electron chi connectivity index (χ3n) is 5.19. The van der Waals surface area contributed by atoms with Crippen LogP contribution in [0, 0.1) is 6.92 Å². The van der Waals surface area contributed by atoms with Crippen molar-refractivity contribution in [3.63, 3.8) is 0 Å². The molecule has 5 nitrogen and oxygen atoms in total. The quantitative estimate of drug-likeness (QED) is 0.497. The van der Waals surface area contributed by atoms with E-state index in [-0.39, 0.29) is 4.90 Å². The predicted molar refractivity (Wildman–Crippen MR) is 116 cm³/mol. The molecule has 0 aromatic heterocycles. The second-order valence-electron chi connectivity index (χ2n) is 7.11. The van der Waals surface area contributed by atoms with Crippen molar-refractivity contribution in [2.45, 2.75) is 24.3 Å². The van der Waals surface area contributed by atoms with Gasteiger partial charge in [-0.3, -0.25) is 4.18 Å². The molecule has 0 fully saturated rings. The van der Waals surface area contributed by atoms with E-state index in [0.29, 0.717) is 28.5 Å². The molecule has 4 rings (SSSR count). The van der Waals surface area contributed by atoms with Gasteiger partial charge in [-0.15, -0.1) is 0 Å². The highest BCUT2D eigenvalue weighted by Crippen LogP contribution is 2.47. The van der Waals surface area contributed by atoms with Gasteiger partial charge in [0.15, 0.2) is 0 Å². The van der Waals surface area contributed by atoms with Crippen molar-refractivity contribution in [3.05, 3.63) is 76.3 Å². The molecule has 0 spiro atoms. The molecule has 1 atom stereocenters. The van der Waals surface area contributed by atoms with Gasteiger partial charge < -0.3 is 9.47 Å². The van der Waals surface area contributed by atoms with Crippen LogP contribution in [0.1, 0.15) is 22.8 Å². The molecule has 0 saturated carbocycles. The van der Waals surface area contributed by atoms with Crippen LogP contribution in [-0.4, -0.2) is 22.6 Å². The van der Waals surface area contributed by atoms with E-state index in [9.17, 15) is 8.42 Å². The van der Waals surface area contributed by atoms with Crippen molar-refractivity contribution in [2.75, 3.05) is 14.2 Å². The Kier molecular flexibility index (Phi) is 5.49. The Morgan fingerprint density at radius 3 is 2.53 bits per heavy atom. The Bertz CT molecular complexity index is 1220. The maximum absolute atomic E-state index is 12.5. The smallest absolute Gasteiger partial charge is 0.297 e. The Morgan fingerprint density at radius 2 is 1.80 bits per heavy atom. The summed E-state index contributed by atoms with van der Waals surface area (Å²) in [6, 6.07) is 16.5. The van der Waals surface area contributed by atoms with E-state index in [4.69, 9.17) is 25.3 Å². The number of fused-ring (bicyclic) bond motifs is 1. The minimum absolute atomic E-state index is 0.110. The first kappa shape index (κ1) is 20.7. The van der Waals surface area contributed by atoms with E-state index >= 15 is 0 Å². The first-order valence-electron chi connectivity index (χ1n) is 9.37. The Hall–Kier alpha value is -2.54. The van der Waals surface area contributed by atoms with Gasteiger partial charge in [-0.2, -0.15) is 8.42 Å². The van der Waals surface area contributed by atoms with E-state index in [1.54, 1.807) is 19.2 Å². The molecule has 0 aliphatic carbocycles. The molecule has 0 N–H and O–H groups in total. The van der Waals surface area contributed by atoms with Gasteiger partial charge in [0.2, 0.25) is 0 Å². The van der Waals surface area contributed by atoms with Crippen LogP contribution >= 0.6 is 11.6 Å². The molecule has 3 aromatic carbocycles. The number of halogens is 1. The maximum Gasteiger partial charge on any atom is 0.297 e. The molecule has 1 aliphatic heterocycles. The zero-order valence-electron chi connectivity index (χ0n) is 16.8. The minimum Gasteiger partial charge on any atom is -0.496 e. The normalized spacial score (nSPS) is 15.5. The van der Waals surface area contributed by atoms with Crippen LogP contribution in [-0.2, 0) is 20.7 Å². The van der Waals surface area contributed by atoms with Crippen molar-refractivity contribution >= 4 is 21.7 Å². The van der Waals surface area contributed by atoms with Gasteiger partial charge in [0.1, 0.15) is 22.5 Å². The zero-order valence-corrected chi connectivity index (χ0v) is 18.4. The first-order valence-corrected chi connectivity index (χ1v) is 11.2. The summed E-state index contributed by atoms with van der Waals surface area (Å²) < 4.78 is 41.6. The van der Waals surface area contributed by atoms with Crippen molar-refractivity contribution < 1.29 is 22.1 Å². The maximum atomic E-state index is 12.5. The van der Waals surface area contributed by atoms with Gasteiger partial charge >= 0.3 is 0 Å². The standard InChI is InChI=1S/C23H21ClO5S/c1-14-8-9-22(30(25,26)28-3)19(10-14)21-12-15-11-16(24)13-18(23(15)29-21)17-6-4-5-7-20(17)27-2/h4-11,13,21H,12H2,1-3H3. The summed E-state index contributed by atoms with van der Waals surface area (Å²) in [5.74, 6) is 1.38. The van der Waals surface area contributed by atoms with Gasteiger partial charge in [-0.25, -0.2) is 0 Å². The average Bonchev–Trinajstić information content (AvgIpc) is 3.16. The highest BCUT2D eigenvalue weighted by molar-refractivity contribution is 7.86. The SMILES string of the molecule is COc1ccccc1-c1cc(Cl)cc2c1OC(c1cc(C)ccc1S(=O)(=O)OC)C2. The fraction of sp³-hybridized carbons (Fsp3) is 0.217. The van der Waals surface area contributed by atoms with Crippen LogP contribution in [0.15, 0.2) is 59.5 Å². The summed E-state index contributed by atoms with van der Waals surface area (Å²) in [6.07, 6.45) is 0.0139. The lowest BCUT2D eigenvalue weighted by molar-refractivity contribution is 0.235. The molecule has 1 unspecified atom stereocenters. The van der Waals surface area contributed by atoms with Gasteiger partial charge in [0.25, 0.3) is 10.1 Å². The summed E-state index contributed by atoms with van der Waals surface area (Å²) in [7, 11) is -1.11. The summed E-state index contributed by atoms with van der Waals surface area (Å²) in [6.45, 7) is 1.91. The van der Waals surface area contributed by atoms with Crippen LogP contribution in [0.4, 0.5) is 0 Å². The lowest BCUT2D eigenvalue weighted by Gasteiger charge is -2.17. The van der Waals surface area contributed by atoms with E-state index < -0.39 is 16.2 Å². The molecule has 7 heteroatoms. The fourth-order valence-electron chi connectivity index (χ4n) is 3.80. The highest BCUT2D eigenvalue weighted by Gasteiger charge is 2.32. The number of hydrogen-bond donors (Lipinski definition) is 0. The van der Waals surface area contributed by atoms with Crippen molar-refractivity contribution in [1.29, 1.82) is 0 Å². The fourth-order valence-corrected chi connectivity index (χ4v) is 4.94. The van der Waals surface area contributed by atoms with Crippen LogP contribution in [0.5, 0.6) is 11.5 Å². The molecule has 0 bridgehead atoms. The second-order valence-corrected chi connectivity index (χ2v) is 9.23. The van der Waals surface area contributed by atoms with E-state index in [0.717, 1.165) is 29.4 Å². The van der Waals surface area contributed by atoms with Crippen LogP contribution in [0.25, 0.3) is 11.1 Å². The van der Waals surface area contributed by atoms with Crippen molar-refractivity contribution in [3.8, 4) is 22.6 Å². The van der Waals surface area contributed by atoms with E-state index in [2.05, 4.69) is 0 Å². The average molecular weight is 445 g/mol. The Labute approximate surface area is 181 Å². The molecule has 0 amide bonds. The van der Waals surface area contributed by atoms with E-state index in [1.165, 1.54) is 0 Å². The van der Waals surface area contributed by atoms with Crippen LogP contribution < -0.4 is 9.47 Å². The molecule has 156 valence electrons. The zero-order chi connectivity index (χ0) is 21.5. The van der Waals surface area contributed by atoms with Gasteiger partial charge in [-0.05, 0) is 31.2 Å². The lowest BCUT2D eigenvalue weighted by Crippen LogP contribution is -2.12. The molecule has 1 aliphatic rings. The number of methoxy groups -OCH3 is 1. The summed E-state index contributed by atoms with van der Waals surface area (Å²) in [5, 5.41) is 0.577. The third-order valence-corrected chi connectivity index (χ3v) is 6.76. The van der Waals surface area contributed by atoms with Crippen LogP contribution in [0.2, 0.25) is 5.02 Å². The van der Waals surface area contributed by atoms with Gasteiger partial charge in [-0.1, -0.05) is 47.5 Å². The van der Waals surface area contributed by atoms with Crippen molar-refractivity contribution in [2.24, 2.45) is 0 Å². The molecule has 0 radical (unpaired) electrons. The number of para-hydroxylation sites is 1. The second kappa shape index (κ2) is 7.95. The molecule has 0 saturated heterocycles. The van der Waals surface area contributed by atoms with Crippen LogP contribution in [0.3, 0.4) is 0 Å². The monoisotopic (exact) mass is 444 g/mol. The minimum atomic E-state index is -3.88. The number of benzene rings is 3. The summed E-state index contributed by atoms with van der Waals surface area (Å²) in [5.41, 5.74) is 4.07. The summed E-state index contributed by atoms with van der Waals surface area (Å²) in [4.78, 5) is 0.110. The number of aryl methyl sites for hydroxylation is 1. The Morgan fingerprint density at radius 1 is 1.03 bits per heavy atom. The molecular formula is C23H21ClO5S. The molecular weight excluding hydrogens is 424 g/mol. The topological polar surface area (TPSA) is 61.8 Å². The van der Waals surface area contributed by atoms with Crippen molar-refractivity contribution in [1.82, 2.24) is 0 Å². The van der Waals surface area contributed by atoms with E-state index in [1.807, 2.05) is 49.4 Å². The number of ether oxygens (including phenoxy) is 2. The molecule has 30 heavy (non-hydrogen) atoms. The summed E-state index contributed by atoms with van der Waals surface area (Å²) >= 11 is 6.41. The lowest BCUT2D eigenvalue weighted by atomic mass is 9.98. The van der Waals surface area contributed by atoms with Gasteiger partial charge in [0, 0.05) is 33.7 Å². The van der Waals surface area contributed by atoms with Gasteiger partial charge in [0.05, 0.1) is 14.2 Å². The number of hydrogen-bond acceptors (Lipinski definition) is 5. The highest BCUT2D eigenvalue weighted by atomic mass is 35.5. The number of rotatable bonds is 5. The molecule has 3 aromatic rings. The third kappa shape index (κ3) is 3.67.